The zero-order valence-corrected chi connectivity index (χ0v) is 16.4. The first kappa shape index (κ1) is 20.9. The van der Waals surface area contributed by atoms with Gasteiger partial charge in [0, 0.05) is 32.6 Å². The number of methoxy groups -OCH3 is 1. The second-order valence-electron chi connectivity index (χ2n) is 7.00. The second kappa shape index (κ2) is 10.7. The van der Waals surface area contributed by atoms with Gasteiger partial charge in [-0.05, 0) is 24.8 Å². The van der Waals surface area contributed by atoms with Gasteiger partial charge in [0.2, 0.25) is 11.8 Å². The molecule has 1 saturated heterocycles. The molecule has 1 aromatic carbocycles. The van der Waals surface area contributed by atoms with Crippen LogP contribution in [0.2, 0.25) is 0 Å². The molecule has 0 bridgehead atoms. The minimum atomic E-state index is -0.329. The fraction of sp³-hybridized carbons (Fsp3) is 0.571. The molecule has 0 N–H and O–H groups in total. The van der Waals surface area contributed by atoms with Gasteiger partial charge in [-0.1, -0.05) is 37.3 Å². The Morgan fingerprint density at radius 3 is 2.59 bits per heavy atom. The highest BCUT2D eigenvalue weighted by Gasteiger charge is 2.31. The Kier molecular flexibility index (Phi) is 8.30. The van der Waals surface area contributed by atoms with E-state index in [1.54, 1.807) is 4.90 Å². The number of piperidine rings is 1. The SMILES string of the molecule is CCCC(=O)N1CCCC(C(=O)N(CCC(=O)OC)Cc2ccccc2)C1. The number of amides is 2. The molecule has 1 aliphatic rings. The highest BCUT2D eigenvalue weighted by Crippen LogP contribution is 2.21. The van der Waals surface area contributed by atoms with Gasteiger partial charge >= 0.3 is 5.97 Å². The van der Waals surface area contributed by atoms with Gasteiger partial charge in [0.25, 0.3) is 0 Å². The third kappa shape index (κ3) is 6.38. The summed E-state index contributed by atoms with van der Waals surface area (Å²) in [5.74, 6) is -0.402. The van der Waals surface area contributed by atoms with E-state index in [2.05, 4.69) is 0 Å². The van der Waals surface area contributed by atoms with Crippen LogP contribution in [0.4, 0.5) is 0 Å². The topological polar surface area (TPSA) is 66.9 Å². The van der Waals surface area contributed by atoms with Crippen LogP contribution in [-0.2, 0) is 25.7 Å². The molecule has 1 heterocycles. The molecule has 0 radical (unpaired) electrons. The summed E-state index contributed by atoms with van der Waals surface area (Å²) in [5, 5.41) is 0. The van der Waals surface area contributed by atoms with Crippen molar-refractivity contribution in [3.8, 4) is 0 Å². The summed E-state index contributed by atoms with van der Waals surface area (Å²) in [4.78, 5) is 40.5. The smallest absolute Gasteiger partial charge is 0.307 e. The monoisotopic (exact) mass is 374 g/mol. The number of carbonyl (C=O) groups excluding carboxylic acids is 3. The summed E-state index contributed by atoms with van der Waals surface area (Å²) in [6.45, 7) is 3.96. The number of likely N-dealkylation sites (tertiary alicyclic amines) is 1. The van der Waals surface area contributed by atoms with Crippen molar-refractivity contribution < 1.29 is 19.1 Å². The molecule has 27 heavy (non-hydrogen) atoms. The largest absolute Gasteiger partial charge is 0.469 e. The maximum Gasteiger partial charge on any atom is 0.307 e. The van der Waals surface area contributed by atoms with Gasteiger partial charge < -0.3 is 14.5 Å². The van der Waals surface area contributed by atoms with E-state index in [9.17, 15) is 14.4 Å². The number of esters is 1. The van der Waals surface area contributed by atoms with Crippen molar-refractivity contribution in [1.29, 1.82) is 0 Å². The first-order valence-electron chi connectivity index (χ1n) is 9.72. The van der Waals surface area contributed by atoms with Gasteiger partial charge in [-0.25, -0.2) is 0 Å². The van der Waals surface area contributed by atoms with Crippen molar-refractivity contribution in [2.24, 2.45) is 5.92 Å². The van der Waals surface area contributed by atoms with Crippen molar-refractivity contribution >= 4 is 17.8 Å². The highest BCUT2D eigenvalue weighted by molar-refractivity contribution is 5.82. The Labute approximate surface area is 161 Å². The molecule has 6 nitrogen and oxygen atoms in total. The number of hydrogen-bond donors (Lipinski definition) is 0. The van der Waals surface area contributed by atoms with Crippen molar-refractivity contribution in [2.75, 3.05) is 26.7 Å². The molecule has 6 heteroatoms. The van der Waals surface area contributed by atoms with Gasteiger partial charge in [0.1, 0.15) is 0 Å². The Morgan fingerprint density at radius 2 is 1.93 bits per heavy atom. The molecule has 1 aromatic rings. The second-order valence-corrected chi connectivity index (χ2v) is 7.00. The number of nitrogens with zero attached hydrogens (tertiary/aromatic N) is 2. The van der Waals surface area contributed by atoms with E-state index in [0.29, 0.717) is 26.1 Å². The molecule has 1 unspecified atom stereocenters. The molecular weight excluding hydrogens is 344 g/mol. The normalized spacial score (nSPS) is 16.7. The van der Waals surface area contributed by atoms with E-state index in [4.69, 9.17) is 4.74 Å². The zero-order chi connectivity index (χ0) is 19.6. The minimum Gasteiger partial charge on any atom is -0.469 e. The molecule has 148 valence electrons. The van der Waals surface area contributed by atoms with Crippen molar-refractivity contribution in [3.63, 3.8) is 0 Å². The molecule has 1 atom stereocenters. The average Bonchev–Trinajstić information content (AvgIpc) is 2.71. The fourth-order valence-electron chi connectivity index (χ4n) is 3.43. The standard InChI is InChI=1S/C21H30N2O4/c1-3-8-19(24)22-13-7-11-18(16-22)21(26)23(14-12-20(25)27-2)15-17-9-5-4-6-10-17/h4-6,9-10,18H,3,7-8,11-16H2,1-2H3. The van der Waals surface area contributed by atoms with Gasteiger partial charge in [-0.3, -0.25) is 14.4 Å². The summed E-state index contributed by atoms with van der Waals surface area (Å²) in [5.41, 5.74) is 1.02. The van der Waals surface area contributed by atoms with E-state index < -0.39 is 0 Å². The molecule has 2 rings (SSSR count). The number of carbonyl (C=O) groups is 3. The highest BCUT2D eigenvalue weighted by atomic mass is 16.5. The Morgan fingerprint density at radius 1 is 1.19 bits per heavy atom. The van der Waals surface area contributed by atoms with E-state index in [-0.39, 0.29) is 30.1 Å². The predicted octanol–water partition coefficient (Wildman–Crippen LogP) is 2.62. The molecule has 1 aliphatic heterocycles. The third-order valence-corrected chi connectivity index (χ3v) is 4.93. The Balaban J connectivity index is 2.06. The van der Waals surface area contributed by atoms with Gasteiger partial charge in [-0.2, -0.15) is 0 Å². The summed E-state index contributed by atoms with van der Waals surface area (Å²) in [7, 11) is 1.35. The van der Waals surface area contributed by atoms with Crippen LogP contribution in [0.5, 0.6) is 0 Å². The Hall–Kier alpha value is -2.37. The summed E-state index contributed by atoms with van der Waals surface area (Å²) >= 11 is 0. The fourth-order valence-corrected chi connectivity index (χ4v) is 3.43. The van der Waals surface area contributed by atoms with E-state index >= 15 is 0 Å². The molecule has 2 amide bonds. The van der Waals surface area contributed by atoms with Crippen LogP contribution in [0, 0.1) is 5.92 Å². The van der Waals surface area contributed by atoms with Crippen LogP contribution in [0.1, 0.15) is 44.6 Å². The number of benzene rings is 1. The van der Waals surface area contributed by atoms with Gasteiger partial charge in [0.15, 0.2) is 0 Å². The Bertz CT molecular complexity index is 632. The molecule has 0 aliphatic carbocycles. The van der Waals surface area contributed by atoms with Crippen LogP contribution in [-0.4, -0.2) is 54.3 Å². The van der Waals surface area contributed by atoms with Crippen LogP contribution in [0.25, 0.3) is 0 Å². The lowest BCUT2D eigenvalue weighted by molar-refractivity contribution is -0.143. The minimum absolute atomic E-state index is 0.0109. The van der Waals surface area contributed by atoms with E-state index in [1.807, 2.05) is 42.2 Å². The molecule has 0 saturated carbocycles. The summed E-state index contributed by atoms with van der Waals surface area (Å²) < 4.78 is 4.72. The van der Waals surface area contributed by atoms with Crippen LogP contribution in [0.15, 0.2) is 30.3 Å². The maximum atomic E-state index is 13.2. The number of hydrogen-bond acceptors (Lipinski definition) is 4. The lowest BCUT2D eigenvalue weighted by Crippen LogP contribution is -2.47. The van der Waals surface area contributed by atoms with Crippen LogP contribution in [0.3, 0.4) is 0 Å². The zero-order valence-electron chi connectivity index (χ0n) is 16.4. The van der Waals surface area contributed by atoms with Crippen LogP contribution < -0.4 is 0 Å². The number of rotatable bonds is 8. The van der Waals surface area contributed by atoms with Gasteiger partial charge in [0.05, 0.1) is 19.4 Å². The molecule has 0 spiro atoms. The van der Waals surface area contributed by atoms with Gasteiger partial charge in [-0.15, -0.1) is 0 Å². The average molecular weight is 374 g/mol. The summed E-state index contributed by atoms with van der Waals surface area (Å²) in [6.07, 6.45) is 3.12. The first-order valence-corrected chi connectivity index (χ1v) is 9.72. The molecule has 1 fully saturated rings. The van der Waals surface area contributed by atoms with Crippen LogP contribution >= 0.6 is 0 Å². The predicted molar refractivity (Wildman–Crippen MR) is 103 cm³/mol. The van der Waals surface area contributed by atoms with Crippen molar-refractivity contribution in [1.82, 2.24) is 9.80 Å². The van der Waals surface area contributed by atoms with Crippen molar-refractivity contribution in [3.05, 3.63) is 35.9 Å². The maximum absolute atomic E-state index is 13.2. The first-order chi connectivity index (χ1) is 13.0. The lowest BCUT2D eigenvalue weighted by Gasteiger charge is -2.35. The number of ether oxygens (including phenoxy) is 1. The molecule has 0 aromatic heterocycles. The lowest BCUT2D eigenvalue weighted by atomic mass is 9.95. The third-order valence-electron chi connectivity index (χ3n) is 4.93. The quantitative estimate of drug-likeness (QED) is 0.656. The van der Waals surface area contributed by atoms with Crippen molar-refractivity contribution in [2.45, 2.75) is 45.6 Å². The summed E-state index contributed by atoms with van der Waals surface area (Å²) in [6, 6.07) is 9.74. The molecular formula is C21H30N2O4. The van der Waals surface area contributed by atoms with E-state index in [0.717, 1.165) is 31.4 Å². The van der Waals surface area contributed by atoms with E-state index in [1.165, 1.54) is 7.11 Å².